The van der Waals surface area contributed by atoms with Crippen LogP contribution in [-0.4, -0.2) is 30.9 Å². The second-order valence-electron chi connectivity index (χ2n) is 5.46. The number of carbonyl (C=O) groups excluding carboxylic acids is 1. The van der Waals surface area contributed by atoms with Crippen molar-refractivity contribution in [2.75, 3.05) is 13.2 Å². The van der Waals surface area contributed by atoms with E-state index in [4.69, 9.17) is 14.7 Å². The molecule has 0 bridgehead atoms. The molecule has 0 aliphatic heterocycles. The van der Waals surface area contributed by atoms with Gasteiger partial charge in [0.25, 0.3) is 0 Å². The number of nitriles is 1. The summed E-state index contributed by atoms with van der Waals surface area (Å²) in [5, 5.41) is 11.4. The smallest absolute Gasteiger partial charge is 0.407 e. The molecule has 0 saturated heterocycles. The van der Waals surface area contributed by atoms with Gasteiger partial charge in [-0.25, -0.2) is 4.79 Å². The topological polar surface area (TPSA) is 71.3 Å². The van der Waals surface area contributed by atoms with Crippen LogP contribution in [0.5, 0.6) is 0 Å². The fourth-order valence-electron chi connectivity index (χ4n) is 1.38. The van der Waals surface area contributed by atoms with E-state index in [0.717, 1.165) is 19.4 Å². The molecule has 1 N–H and O–H groups in total. The fraction of sp³-hybridized carbons (Fsp3) is 0.857. The van der Waals surface area contributed by atoms with Crippen molar-refractivity contribution in [3.63, 3.8) is 0 Å². The van der Waals surface area contributed by atoms with Crippen LogP contribution in [0.25, 0.3) is 0 Å². The van der Waals surface area contributed by atoms with Crippen molar-refractivity contribution in [2.45, 2.75) is 65.0 Å². The zero-order valence-electron chi connectivity index (χ0n) is 12.5. The molecule has 1 atom stereocenters. The molecule has 0 rings (SSSR count). The molecule has 0 aromatic rings. The molecule has 0 radical (unpaired) electrons. The second-order valence-corrected chi connectivity index (χ2v) is 5.46. The maximum Gasteiger partial charge on any atom is 0.407 e. The van der Waals surface area contributed by atoms with E-state index in [0.29, 0.717) is 13.0 Å². The third-order valence-corrected chi connectivity index (χ3v) is 2.31. The summed E-state index contributed by atoms with van der Waals surface area (Å²) in [6.45, 7) is 8.79. The van der Waals surface area contributed by atoms with Gasteiger partial charge in [-0.3, -0.25) is 0 Å². The molecule has 5 heteroatoms. The van der Waals surface area contributed by atoms with Crippen molar-refractivity contribution < 1.29 is 14.3 Å². The second kappa shape index (κ2) is 9.62. The molecular formula is C14H26N2O3. The van der Waals surface area contributed by atoms with E-state index in [1.807, 2.05) is 0 Å². The minimum atomic E-state index is -0.529. The number of ether oxygens (including phenoxy) is 2. The number of nitrogens with zero attached hydrogens (tertiary/aromatic N) is 1. The number of carbonyl (C=O) groups is 1. The predicted octanol–water partition coefficient (Wildman–Crippen LogP) is 3.00. The number of amides is 1. The molecule has 0 spiro atoms. The molecule has 0 aromatic carbocycles. The van der Waals surface area contributed by atoms with Crippen molar-refractivity contribution in [1.82, 2.24) is 5.32 Å². The molecule has 0 unspecified atom stereocenters. The van der Waals surface area contributed by atoms with Crippen LogP contribution >= 0.6 is 0 Å². The lowest BCUT2D eigenvalue weighted by molar-refractivity contribution is 0.0488. The minimum absolute atomic E-state index is 0.221. The van der Waals surface area contributed by atoms with Crippen LogP contribution in [0.15, 0.2) is 0 Å². The average Bonchev–Trinajstić information content (AvgIpc) is 2.26. The van der Waals surface area contributed by atoms with Crippen molar-refractivity contribution in [3.8, 4) is 6.07 Å². The van der Waals surface area contributed by atoms with Gasteiger partial charge in [-0.15, -0.1) is 0 Å². The van der Waals surface area contributed by atoms with E-state index in [-0.39, 0.29) is 12.5 Å². The summed E-state index contributed by atoms with van der Waals surface area (Å²) in [6.07, 6.45) is 2.52. The molecule has 0 fully saturated rings. The summed E-state index contributed by atoms with van der Waals surface area (Å²) in [4.78, 5) is 11.6. The van der Waals surface area contributed by atoms with E-state index in [9.17, 15) is 4.79 Å². The zero-order valence-corrected chi connectivity index (χ0v) is 12.5. The molecular weight excluding hydrogens is 244 g/mol. The monoisotopic (exact) mass is 270 g/mol. The number of rotatable bonds is 8. The zero-order chi connectivity index (χ0) is 14.7. The van der Waals surface area contributed by atoms with Gasteiger partial charge in [-0.05, 0) is 33.6 Å². The van der Waals surface area contributed by atoms with Crippen LogP contribution in [0.1, 0.15) is 53.4 Å². The summed E-state index contributed by atoms with van der Waals surface area (Å²) in [5.74, 6) is 0. The third kappa shape index (κ3) is 11.5. The normalized spacial score (nSPS) is 12.6. The largest absolute Gasteiger partial charge is 0.444 e. The fourth-order valence-corrected chi connectivity index (χ4v) is 1.38. The highest BCUT2D eigenvalue weighted by Gasteiger charge is 2.19. The first-order chi connectivity index (χ1) is 8.89. The lowest BCUT2D eigenvalue weighted by Gasteiger charge is -2.22. The van der Waals surface area contributed by atoms with Gasteiger partial charge in [0.15, 0.2) is 0 Å². The van der Waals surface area contributed by atoms with Gasteiger partial charge >= 0.3 is 6.09 Å². The summed E-state index contributed by atoms with van der Waals surface area (Å²) >= 11 is 0. The number of nitrogens with one attached hydrogen (secondary N) is 1. The van der Waals surface area contributed by atoms with Gasteiger partial charge in [0.2, 0.25) is 0 Å². The van der Waals surface area contributed by atoms with Crippen LogP contribution in [-0.2, 0) is 9.47 Å². The average molecular weight is 270 g/mol. The first kappa shape index (κ1) is 17.7. The first-order valence-electron chi connectivity index (χ1n) is 6.83. The first-order valence-corrected chi connectivity index (χ1v) is 6.83. The van der Waals surface area contributed by atoms with Crippen LogP contribution in [0.3, 0.4) is 0 Å². The lowest BCUT2D eigenvalue weighted by Crippen LogP contribution is -2.39. The molecule has 19 heavy (non-hydrogen) atoms. The number of unbranched alkanes of at least 4 members (excludes halogenated alkanes) is 1. The highest BCUT2D eigenvalue weighted by molar-refractivity contribution is 5.68. The van der Waals surface area contributed by atoms with Crippen LogP contribution in [0, 0.1) is 11.3 Å². The third-order valence-electron chi connectivity index (χ3n) is 2.31. The molecule has 110 valence electrons. The lowest BCUT2D eigenvalue weighted by atomic mass is 10.1. The Kier molecular flexibility index (Phi) is 8.98. The Labute approximate surface area is 116 Å². The van der Waals surface area contributed by atoms with Crippen molar-refractivity contribution in [1.29, 1.82) is 5.26 Å². The quantitative estimate of drug-likeness (QED) is 0.688. The SMILES string of the molecule is CCCCOCC[C@@H](CC#N)NC(=O)OC(C)(C)C. The van der Waals surface area contributed by atoms with Gasteiger partial charge in [0.1, 0.15) is 5.60 Å². The molecule has 0 heterocycles. The summed E-state index contributed by atoms with van der Waals surface area (Å²) in [7, 11) is 0. The standard InChI is InChI=1S/C14H26N2O3/c1-5-6-10-18-11-8-12(7-9-15)16-13(17)19-14(2,3)4/h12H,5-8,10-11H2,1-4H3,(H,16,17)/t12-/m1/s1. The molecule has 1 amide bonds. The van der Waals surface area contributed by atoms with Crippen molar-refractivity contribution >= 4 is 6.09 Å². The van der Waals surface area contributed by atoms with Crippen LogP contribution in [0.4, 0.5) is 4.79 Å². The summed E-state index contributed by atoms with van der Waals surface area (Å²) in [5.41, 5.74) is -0.529. The Bertz CT molecular complexity index is 292. The molecule has 0 saturated carbocycles. The van der Waals surface area contributed by atoms with E-state index >= 15 is 0 Å². The van der Waals surface area contributed by atoms with Gasteiger partial charge in [-0.1, -0.05) is 13.3 Å². The van der Waals surface area contributed by atoms with Crippen molar-refractivity contribution in [2.24, 2.45) is 0 Å². The maximum absolute atomic E-state index is 11.6. The van der Waals surface area contributed by atoms with Gasteiger partial charge in [0.05, 0.1) is 12.5 Å². The highest BCUT2D eigenvalue weighted by Crippen LogP contribution is 2.08. The van der Waals surface area contributed by atoms with E-state index < -0.39 is 11.7 Å². The number of alkyl carbamates (subject to hydrolysis) is 1. The van der Waals surface area contributed by atoms with Gasteiger partial charge in [-0.2, -0.15) is 5.26 Å². The number of hydrogen-bond acceptors (Lipinski definition) is 4. The number of hydrogen-bond donors (Lipinski definition) is 1. The Balaban J connectivity index is 3.98. The predicted molar refractivity (Wildman–Crippen MR) is 73.7 cm³/mol. The Morgan fingerprint density at radius 2 is 2.05 bits per heavy atom. The molecule has 0 aliphatic carbocycles. The summed E-state index contributed by atoms with van der Waals surface area (Å²) in [6, 6.07) is 1.84. The van der Waals surface area contributed by atoms with Crippen molar-refractivity contribution in [3.05, 3.63) is 0 Å². The van der Waals surface area contributed by atoms with Crippen LogP contribution < -0.4 is 5.32 Å². The Hall–Kier alpha value is -1.28. The van der Waals surface area contributed by atoms with E-state index in [1.54, 1.807) is 20.8 Å². The Morgan fingerprint density at radius 3 is 2.58 bits per heavy atom. The Morgan fingerprint density at radius 1 is 1.37 bits per heavy atom. The minimum Gasteiger partial charge on any atom is -0.444 e. The summed E-state index contributed by atoms with van der Waals surface area (Å²) < 4.78 is 10.6. The molecule has 0 aliphatic rings. The van der Waals surface area contributed by atoms with Crippen LogP contribution in [0.2, 0.25) is 0 Å². The van der Waals surface area contributed by atoms with E-state index in [2.05, 4.69) is 18.3 Å². The molecule has 5 nitrogen and oxygen atoms in total. The van der Waals surface area contributed by atoms with Gasteiger partial charge in [0, 0.05) is 19.3 Å². The maximum atomic E-state index is 11.6. The van der Waals surface area contributed by atoms with E-state index in [1.165, 1.54) is 0 Å². The molecule has 0 aromatic heterocycles. The van der Waals surface area contributed by atoms with Gasteiger partial charge < -0.3 is 14.8 Å². The highest BCUT2D eigenvalue weighted by atomic mass is 16.6.